The molecule has 0 aromatic heterocycles. The van der Waals surface area contributed by atoms with Crippen molar-refractivity contribution in [3.8, 4) is 0 Å². The summed E-state index contributed by atoms with van der Waals surface area (Å²) in [4.78, 5) is 11.5. The Labute approximate surface area is 99.6 Å². The molecule has 1 aromatic carbocycles. The number of nitrogens with one attached hydrogen (secondary N) is 1. The molecule has 88 valence electrons. The minimum absolute atomic E-state index is 0. The summed E-state index contributed by atoms with van der Waals surface area (Å²) >= 11 is 0. The summed E-state index contributed by atoms with van der Waals surface area (Å²) in [7, 11) is 0. The van der Waals surface area contributed by atoms with Crippen molar-refractivity contribution in [3.05, 3.63) is 35.6 Å². The Morgan fingerprint density at radius 1 is 1.50 bits per heavy atom. The second kappa shape index (κ2) is 4.80. The van der Waals surface area contributed by atoms with E-state index in [1.165, 1.54) is 12.1 Å². The van der Waals surface area contributed by atoms with E-state index in [0.717, 1.165) is 18.4 Å². The first-order chi connectivity index (χ1) is 7.10. The zero-order valence-corrected chi connectivity index (χ0v) is 9.52. The smallest absolute Gasteiger partial charge is 0.240 e. The third-order valence-corrected chi connectivity index (χ3v) is 2.58. The van der Waals surface area contributed by atoms with E-state index < -0.39 is 5.54 Å². The van der Waals surface area contributed by atoms with E-state index >= 15 is 0 Å². The van der Waals surface area contributed by atoms with E-state index in [1.807, 2.05) is 0 Å². The summed E-state index contributed by atoms with van der Waals surface area (Å²) in [6, 6.07) is 6.15. The summed E-state index contributed by atoms with van der Waals surface area (Å²) in [5, 5.41) is 2.70. The highest BCUT2D eigenvalue weighted by Gasteiger charge is 2.45. The highest BCUT2D eigenvalue weighted by molar-refractivity contribution is 5.88. The molecule has 0 aliphatic heterocycles. The molecule has 1 amide bonds. The lowest BCUT2D eigenvalue weighted by molar-refractivity contribution is -0.123. The Bertz CT molecular complexity index is 393. The van der Waals surface area contributed by atoms with Gasteiger partial charge in [-0.1, -0.05) is 12.1 Å². The maximum atomic E-state index is 12.8. The molecule has 0 heterocycles. The highest BCUT2D eigenvalue weighted by Crippen LogP contribution is 2.32. The normalized spacial score (nSPS) is 16.1. The molecule has 1 aromatic rings. The molecule has 0 radical (unpaired) electrons. The Kier molecular flexibility index (Phi) is 3.88. The molecule has 0 saturated heterocycles. The van der Waals surface area contributed by atoms with Crippen molar-refractivity contribution in [2.75, 3.05) is 0 Å². The number of hydrogen-bond acceptors (Lipinski definition) is 2. The molecular weight excluding hydrogens is 231 g/mol. The zero-order valence-electron chi connectivity index (χ0n) is 8.70. The van der Waals surface area contributed by atoms with Gasteiger partial charge in [-0.15, -0.1) is 12.4 Å². The highest BCUT2D eigenvalue weighted by atomic mass is 35.5. The van der Waals surface area contributed by atoms with Crippen LogP contribution in [-0.4, -0.2) is 11.4 Å². The molecule has 3 nitrogen and oxygen atoms in total. The van der Waals surface area contributed by atoms with Crippen molar-refractivity contribution in [2.45, 2.75) is 24.9 Å². The third kappa shape index (κ3) is 2.93. The number of halogens is 2. The molecular formula is C11H14ClFN2O. The van der Waals surface area contributed by atoms with Gasteiger partial charge in [-0.25, -0.2) is 4.39 Å². The number of amides is 1. The van der Waals surface area contributed by atoms with Gasteiger partial charge in [-0.3, -0.25) is 4.79 Å². The van der Waals surface area contributed by atoms with Gasteiger partial charge in [-0.2, -0.15) is 0 Å². The number of carbonyl (C=O) groups is 1. The van der Waals surface area contributed by atoms with Gasteiger partial charge in [0.2, 0.25) is 5.91 Å². The molecule has 1 aliphatic carbocycles. The van der Waals surface area contributed by atoms with Crippen LogP contribution in [0.4, 0.5) is 4.39 Å². The average molecular weight is 245 g/mol. The number of nitrogens with two attached hydrogens (primary N) is 1. The number of carbonyl (C=O) groups excluding carboxylic acids is 1. The Morgan fingerprint density at radius 2 is 2.19 bits per heavy atom. The van der Waals surface area contributed by atoms with E-state index in [-0.39, 0.29) is 24.1 Å². The SMILES string of the molecule is Cl.NC1(C(=O)NCc2cccc(F)c2)CC1. The van der Waals surface area contributed by atoms with Gasteiger partial charge in [0.15, 0.2) is 0 Å². The maximum Gasteiger partial charge on any atom is 0.240 e. The molecule has 0 bridgehead atoms. The second-order valence-electron chi connectivity index (χ2n) is 3.97. The predicted octanol–water partition coefficient (Wildman–Crippen LogP) is 1.35. The summed E-state index contributed by atoms with van der Waals surface area (Å²) in [5.74, 6) is -0.442. The number of hydrogen-bond donors (Lipinski definition) is 2. The quantitative estimate of drug-likeness (QED) is 0.844. The molecule has 16 heavy (non-hydrogen) atoms. The monoisotopic (exact) mass is 244 g/mol. The van der Waals surface area contributed by atoms with Gasteiger partial charge in [0, 0.05) is 6.54 Å². The fourth-order valence-electron chi connectivity index (χ4n) is 1.37. The van der Waals surface area contributed by atoms with Crippen LogP contribution in [0.1, 0.15) is 18.4 Å². The van der Waals surface area contributed by atoms with Crippen LogP contribution in [-0.2, 0) is 11.3 Å². The number of rotatable bonds is 3. The first-order valence-corrected chi connectivity index (χ1v) is 4.92. The van der Waals surface area contributed by atoms with Crippen LogP contribution < -0.4 is 11.1 Å². The van der Waals surface area contributed by atoms with E-state index in [9.17, 15) is 9.18 Å². The largest absolute Gasteiger partial charge is 0.350 e. The van der Waals surface area contributed by atoms with Crippen LogP contribution in [0.2, 0.25) is 0 Å². The standard InChI is InChI=1S/C11H13FN2O.ClH/c12-9-3-1-2-8(6-9)7-14-10(15)11(13)4-5-11;/h1-3,6H,4-5,7,13H2,(H,14,15);1H. The second-order valence-corrected chi connectivity index (χ2v) is 3.97. The average Bonchev–Trinajstić information content (AvgIpc) is 2.94. The van der Waals surface area contributed by atoms with Gasteiger partial charge in [0.25, 0.3) is 0 Å². The Morgan fingerprint density at radius 3 is 2.75 bits per heavy atom. The first kappa shape index (κ1) is 12.9. The molecule has 1 saturated carbocycles. The van der Waals surface area contributed by atoms with Crippen molar-refractivity contribution in [2.24, 2.45) is 5.73 Å². The summed E-state index contributed by atoms with van der Waals surface area (Å²) < 4.78 is 12.8. The minimum Gasteiger partial charge on any atom is -0.350 e. The van der Waals surface area contributed by atoms with Crippen LogP contribution in [0, 0.1) is 5.82 Å². The molecule has 5 heteroatoms. The molecule has 1 aliphatic rings. The number of benzene rings is 1. The fraction of sp³-hybridized carbons (Fsp3) is 0.364. The lowest BCUT2D eigenvalue weighted by Crippen LogP contribution is -2.42. The van der Waals surface area contributed by atoms with Crippen molar-refractivity contribution in [1.29, 1.82) is 0 Å². The molecule has 0 atom stereocenters. The Balaban J connectivity index is 0.00000128. The molecule has 2 rings (SSSR count). The van der Waals surface area contributed by atoms with Gasteiger partial charge in [0.05, 0.1) is 5.54 Å². The van der Waals surface area contributed by atoms with Crippen LogP contribution in [0.5, 0.6) is 0 Å². The predicted molar refractivity (Wildman–Crippen MR) is 61.6 cm³/mol. The minimum atomic E-state index is -0.659. The van der Waals surface area contributed by atoms with E-state index in [2.05, 4.69) is 5.32 Å². The lowest BCUT2D eigenvalue weighted by Gasteiger charge is -2.09. The van der Waals surface area contributed by atoms with Crippen LogP contribution in [0.3, 0.4) is 0 Å². The van der Waals surface area contributed by atoms with Crippen LogP contribution in [0.15, 0.2) is 24.3 Å². The van der Waals surface area contributed by atoms with Crippen LogP contribution in [0.25, 0.3) is 0 Å². The molecule has 3 N–H and O–H groups in total. The van der Waals surface area contributed by atoms with Gasteiger partial charge < -0.3 is 11.1 Å². The van der Waals surface area contributed by atoms with E-state index in [1.54, 1.807) is 12.1 Å². The molecule has 1 fully saturated rings. The first-order valence-electron chi connectivity index (χ1n) is 4.92. The fourth-order valence-corrected chi connectivity index (χ4v) is 1.37. The Hall–Kier alpha value is -1.13. The molecule has 0 spiro atoms. The van der Waals surface area contributed by atoms with Gasteiger partial charge in [-0.05, 0) is 30.5 Å². The summed E-state index contributed by atoms with van der Waals surface area (Å²) in [5.41, 5.74) is 5.78. The maximum absolute atomic E-state index is 12.8. The van der Waals surface area contributed by atoms with Crippen molar-refractivity contribution in [3.63, 3.8) is 0 Å². The van der Waals surface area contributed by atoms with Crippen molar-refractivity contribution < 1.29 is 9.18 Å². The molecule has 0 unspecified atom stereocenters. The van der Waals surface area contributed by atoms with Crippen molar-refractivity contribution >= 4 is 18.3 Å². The zero-order chi connectivity index (χ0) is 10.9. The van der Waals surface area contributed by atoms with Crippen molar-refractivity contribution in [1.82, 2.24) is 5.32 Å². The summed E-state index contributed by atoms with van der Waals surface area (Å²) in [6.45, 7) is 0.329. The van der Waals surface area contributed by atoms with E-state index in [0.29, 0.717) is 6.54 Å². The van der Waals surface area contributed by atoms with Gasteiger partial charge >= 0.3 is 0 Å². The third-order valence-electron chi connectivity index (χ3n) is 2.58. The topological polar surface area (TPSA) is 55.1 Å². The summed E-state index contributed by atoms with van der Waals surface area (Å²) in [6.07, 6.45) is 1.48. The van der Waals surface area contributed by atoms with Gasteiger partial charge in [0.1, 0.15) is 5.82 Å². The van der Waals surface area contributed by atoms with Crippen LogP contribution >= 0.6 is 12.4 Å². The lowest BCUT2D eigenvalue weighted by atomic mass is 10.2. The van der Waals surface area contributed by atoms with E-state index in [4.69, 9.17) is 5.73 Å².